The highest BCUT2D eigenvalue weighted by atomic mass is 32.1. The molecule has 1 N–H and O–H groups in total. The van der Waals surface area contributed by atoms with Gasteiger partial charge in [0.25, 0.3) is 11.6 Å². The Bertz CT molecular complexity index is 1190. The smallest absolute Gasteiger partial charge is 0.269 e. The minimum absolute atomic E-state index is 0.0439. The highest BCUT2D eigenvalue weighted by molar-refractivity contribution is 7.13. The molecule has 0 saturated heterocycles. The number of thiazole rings is 1. The molecular weight excluding hydrogens is 398 g/mol. The number of nitro groups is 1. The third-order valence-corrected chi connectivity index (χ3v) is 5.43. The number of aromatic nitrogens is 1. The second-order valence-corrected chi connectivity index (χ2v) is 7.45. The second kappa shape index (κ2) is 8.67. The van der Waals surface area contributed by atoms with E-state index >= 15 is 0 Å². The van der Waals surface area contributed by atoms with E-state index in [0.29, 0.717) is 12.1 Å². The van der Waals surface area contributed by atoms with Crippen molar-refractivity contribution in [1.29, 1.82) is 0 Å². The molecule has 0 saturated carbocycles. The minimum atomic E-state index is -0.491. The molecule has 1 aromatic heterocycles. The Morgan fingerprint density at radius 2 is 1.70 bits per heavy atom. The molecule has 1 amide bonds. The molecule has 0 radical (unpaired) electrons. The lowest BCUT2D eigenvalue weighted by Gasteiger charge is -2.07. The van der Waals surface area contributed by atoms with E-state index in [2.05, 4.69) is 5.32 Å². The van der Waals surface area contributed by atoms with Crippen LogP contribution in [0.5, 0.6) is 0 Å². The minimum Gasteiger partial charge on any atom is -0.348 e. The third-order valence-electron chi connectivity index (χ3n) is 4.54. The van der Waals surface area contributed by atoms with Crippen LogP contribution in [0.1, 0.15) is 15.9 Å². The van der Waals surface area contributed by atoms with E-state index < -0.39 is 4.92 Å². The highest BCUT2D eigenvalue weighted by Gasteiger charge is 2.10. The first-order valence-electron chi connectivity index (χ1n) is 9.23. The molecule has 148 valence electrons. The molecule has 4 rings (SSSR count). The zero-order valence-corrected chi connectivity index (χ0v) is 16.6. The zero-order valence-electron chi connectivity index (χ0n) is 15.8. The highest BCUT2D eigenvalue weighted by Crippen LogP contribution is 2.29. The first kappa shape index (κ1) is 19.5. The van der Waals surface area contributed by atoms with Crippen molar-refractivity contribution in [2.75, 3.05) is 0 Å². The van der Waals surface area contributed by atoms with Gasteiger partial charge in [0.15, 0.2) is 0 Å². The normalized spacial score (nSPS) is 10.5. The van der Waals surface area contributed by atoms with Crippen LogP contribution in [0.25, 0.3) is 21.8 Å². The van der Waals surface area contributed by atoms with Gasteiger partial charge in [-0.1, -0.05) is 48.5 Å². The van der Waals surface area contributed by atoms with E-state index in [1.54, 1.807) is 11.3 Å². The van der Waals surface area contributed by atoms with Gasteiger partial charge in [0, 0.05) is 40.7 Å². The Morgan fingerprint density at radius 1 is 0.967 bits per heavy atom. The van der Waals surface area contributed by atoms with Gasteiger partial charge in [-0.3, -0.25) is 14.9 Å². The summed E-state index contributed by atoms with van der Waals surface area (Å²) < 4.78 is 0. The maximum atomic E-state index is 12.3. The molecule has 0 bridgehead atoms. The number of carbonyl (C=O) groups excluding carboxylic acids is 1. The molecule has 0 aliphatic heterocycles. The summed E-state index contributed by atoms with van der Waals surface area (Å²) in [6, 6.07) is 23.4. The summed E-state index contributed by atoms with van der Waals surface area (Å²) in [6.45, 7) is 0.348. The van der Waals surface area contributed by atoms with Crippen LogP contribution in [-0.4, -0.2) is 15.8 Å². The Morgan fingerprint density at radius 3 is 2.43 bits per heavy atom. The van der Waals surface area contributed by atoms with E-state index in [9.17, 15) is 14.9 Å². The molecule has 30 heavy (non-hydrogen) atoms. The monoisotopic (exact) mass is 415 g/mol. The van der Waals surface area contributed by atoms with Gasteiger partial charge < -0.3 is 5.32 Å². The third kappa shape index (κ3) is 4.42. The number of amides is 1. The van der Waals surface area contributed by atoms with Crippen molar-refractivity contribution in [2.24, 2.45) is 0 Å². The van der Waals surface area contributed by atoms with Crippen LogP contribution in [0, 0.1) is 10.1 Å². The van der Waals surface area contributed by atoms with Gasteiger partial charge >= 0.3 is 0 Å². The topological polar surface area (TPSA) is 85.1 Å². The van der Waals surface area contributed by atoms with Crippen LogP contribution in [0.3, 0.4) is 0 Å². The number of hydrogen-bond donors (Lipinski definition) is 1. The van der Waals surface area contributed by atoms with Crippen LogP contribution in [-0.2, 0) is 6.54 Å². The molecule has 0 aliphatic rings. The molecule has 6 nitrogen and oxygen atoms in total. The molecule has 0 atom stereocenters. The van der Waals surface area contributed by atoms with Crippen molar-refractivity contribution >= 4 is 22.9 Å². The largest absolute Gasteiger partial charge is 0.348 e. The molecule has 3 aromatic carbocycles. The average Bonchev–Trinajstić information content (AvgIpc) is 3.29. The number of nitrogens with one attached hydrogen (secondary N) is 1. The molecule has 7 heteroatoms. The summed E-state index contributed by atoms with van der Waals surface area (Å²) in [5, 5.41) is 16.5. The number of carbonyl (C=O) groups is 1. The Labute approximate surface area is 177 Å². The number of non-ortho nitro benzene ring substituents is 1. The SMILES string of the molecule is O=C(NCc1cccc(-c2nc(-c3ccccc3)cs2)c1)c1ccc([N+](=O)[O-])cc1. The maximum Gasteiger partial charge on any atom is 0.269 e. The van der Waals surface area contributed by atoms with Crippen LogP contribution < -0.4 is 5.32 Å². The summed E-state index contributed by atoms with van der Waals surface area (Å²) in [6.07, 6.45) is 0. The van der Waals surface area contributed by atoms with Crippen molar-refractivity contribution in [3.05, 3.63) is 105 Å². The van der Waals surface area contributed by atoms with Gasteiger partial charge in [-0.2, -0.15) is 0 Å². The lowest BCUT2D eigenvalue weighted by Crippen LogP contribution is -2.22. The molecule has 1 heterocycles. The van der Waals surface area contributed by atoms with E-state index in [1.165, 1.54) is 24.3 Å². The zero-order chi connectivity index (χ0) is 20.9. The van der Waals surface area contributed by atoms with Gasteiger partial charge in [0.2, 0.25) is 0 Å². The lowest BCUT2D eigenvalue weighted by atomic mass is 10.1. The van der Waals surface area contributed by atoms with Gasteiger partial charge in [-0.25, -0.2) is 4.98 Å². The molecule has 0 aliphatic carbocycles. The van der Waals surface area contributed by atoms with Gasteiger partial charge in [-0.05, 0) is 23.8 Å². The van der Waals surface area contributed by atoms with Crippen molar-refractivity contribution < 1.29 is 9.72 Å². The molecule has 0 fully saturated rings. The van der Waals surface area contributed by atoms with Crippen molar-refractivity contribution in [3.63, 3.8) is 0 Å². The number of benzene rings is 3. The number of nitrogens with zero attached hydrogens (tertiary/aromatic N) is 2. The van der Waals surface area contributed by atoms with Crippen LogP contribution in [0.4, 0.5) is 5.69 Å². The van der Waals surface area contributed by atoms with Crippen LogP contribution in [0.2, 0.25) is 0 Å². The van der Waals surface area contributed by atoms with Crippen molar-refractivity contribution in [1.82, 2.24) is 10.3 Å². The lowest BCUT2D eigenvalue weighted by molar-refractivity contribution is -0.384. The van der Waals surface area contributed by atoms with Crippen molar-refractivity contribution in [2.45, 2.75) is 6.54 Å². The quantitative estimate of drug-likeness (QED) is 0.341. The second-order valence-electron chi connectivity index (χ2n) is 6.59. The molecule has 0 unspecified atom stereocenters. The first-order chi connectivity index (χ1) is 14.6. The fourth-order valence-electron chi connectivity index (χ4n) is 2.98. The molecule has 0 spiro atoms. The summed E-state index contributed by atoms with van der Waals surface area (Å²) in [4.78, 5) is 27.3. The van der Waals surface area contributed by atoms with Crippen LogP contribution in [0.15, 0.2) is 84.2 Å². The number of rotatable bonds is 6. The Balaban J connectivity index is 1.44. The number of hydrogen-bond acceptors (Lipinski definition) is 5. The summed E-state index contributed by atoms with van der Waals surface area (Å²) >= 11 is 1.58. The standard InChI is InChI=1S/C23H17N3O3S/c27-22(18-9-11-20(12-10-18)26(28)29)24-14-16-5-4-8-19(13-16)23-25-21(15-30-23)17-6-2-1-3-7-17/h1-13,15H,14H2,(H,24,27). The predicted molar refractivity (Wildman–Crippen MR) is 117 cm³/mol. The number of nitro benzene ring substituents is 1. The van der Waals surface area contributed by atoms with E-state index in [4.69, 9.17) is 4.98 Å². The average molecular weight is 415 g/mol. The van der Waals surface area contributed by atoms with Crippen LogP contribution >= 0.6 is 11.3 Å². The van der Waals surface area contributed by atoms with Gasteiger partial charge in [-0.15, -0.1) is 11.3 Å². The Hall–Kier alpha value is -3.84. The summed E-state index contributed by atoms with van der Waals surface area (Å²) in [7, 11) is 0. The molecular formula is C23H17N3O3S. The fourth-order valence-corrected chi connectivity index (χ4v) is 3.81. The summed E-state index contributed by atoms with van der Waals surface area (Å²) in [5.74, 6) is -0.282. The maximum absolute atomic E-state index is 12.3. The van der Waals surface area contributed by atoms with E-state index in [-0.39, 0.29) is 11.6 Å². The fraction of sp³-hybridized carbons (Fsp3) is 0.0435. The van der Waals surface area contributed by atoms with Gasteiger partial charge in [0.05, 0.1) is 10.6 Å². The van der Waals surface area contributed by atoms with Crippen molar-refractivity contribution in [3.8, 4) is 21.8 Å². The van der Waals surface area contributed by atoms with E-state index in [1.807, 2.05) is 60.0 Å². The van der Waals surface area contributed by atoms with Gasteiger partial charge in [0.1, 0.15) is 5.01 Å². The molecule has 4 aromatic rings. The predicted octanol–water partition coefficient (Wildman–Crippen LogP) is 5.32. The van der Waals surface area contributed by atoms with E-state index in [0.717, 1.165) is 27.4 Å². The Kier molecular flexibility index (Phi) is 5.63. The first-order valence-corrected chi connectivity index (χ1v) is 10.1. The summed E-state index contributed by atoms with van der Waals surface area (Å²) in [5.41, 5.74) is 4.28.